The summed E-state index contributed by atoms with van der Waals surface area (Å²) < 4.78 is 0. The van der Waals surface area contributed by atoms with Crippen molar-refractivity contribution in [2.24, 2.45) is 0 Å². The molecule has 0 aliphatic heterocycles. The average molecular weight is 145 g/mol. The quantitative estimate of drug-likeness (QED) is 0.572. The fourth-order valence-corrected chi connectivity index (χ4v) is 0.591. The van der Waals surface area contributed by atoms with Crippen LogP contribution in [0.25, 0.3) is 0 Å². The van der Waals surface area contributed by atoms with Crippen LogP contribution in [0.1, 0.15) is 0 Å². The molecule has 0 fully saturated rings. The van der Waals surface area contributed by atoms with Gasteiger partial charge in [-0.3, -0.25) is 0 Å². The van der Waals surface area contributed by atoms with Crippen LogP contribution in [0.2, 0.25) is 5.02 Å². The van der Waals surface area contributed by atoms with Crippen molar-refractivity contribution in [3.8, 4) is 5.75 Å². The number of hydrogen-bond acceptors (Lipinski definition) is 3. The van der Waals surface area contributed by atoms with Gasteiger partial charge in [0, 0.05) is 12.3 Å². The van der Waals surface area contributed by atoms with Crippen LogP contribution in [-0.2, 0) is 0 Å². The molecule has 3 nitrogen and oxygen atoms in total. The van der Waals surface area contributed by atoms with Gasteiger partial charge in [-0.15, -0.1) is 0 Å². The van der Waals surface area contributed by atoms with E-state index in [9.17, 15) is 0 Å². The number of hydrogen-bond donors (Lipinski definition) is 2. The Bertz CT molecular complexity index is 226. The molecule has 0 radical (unpaired) electrons. The monoisotopic (exact) mass is 144 g/mol. The van der Waals surface area contributed by atoms with Crippen LogP contribution in [0.5, 0.6) is 5.75 Å². The molecule has 0 spiro atoms. The van der Waals surface area contributed by atoms with E-state index >= 15 is 0 Å². The van der Waals surface area contributed by atoms with Crippen molar-refractivity contribution >= 4 is 17.4 Å². The van der Waals surface area contributed by atoms with Crippen molar-refractivity contribution in [2.75, 3.05) is 5.73 Å². The first-order valence-corrected chi connectivity index (χ1v) is 2.68. The highest BCUT2D eigenvalue weighted by molar-refractivity contribution is 6.30. The Morgan fingerprint density at radius 2 is 2.33 bits per heavy atom. The molecule has 0 atom stereocenters. The van der Waals surface area contributed by atoms with Gasteiger partial charge in [-0.25, -0.2) is 4.98 Å². The van der Waals surface area contributed by atoms with Gasteiger partial charge in [0.05, 0.1) is 5.02 Å². The molecule has 9 heavy (non-hydrogen) atoms. The second-order valence-corrected chi connectivity index (χ2v) is 1.99. The van der Waals surface area contributed by atoms with Crippen molar-refractivity contribution in [3.05, 3.63) is 17.3 Å². The van der Waals surface area contributed by atoms with Crippen LogP contribution >= 0.6 is 11.6 Å². The summed E-state index contributed by atoms with van der Waals surface area (Å²) in [5, 5.41) is 9.20. The molecule has 0 aliphatic rings. The summed E-state index contributed by atoms with van der Waals surface area (Å²) in [4.78, 5) is 3.57. The van der Waals surface area contributed by atoms with Crippen molar-refractivity contribution in [3.63, 3.8) is 0 Å². The van der Waals surface area contributed by atoms with Crippen LogP contribution in [0, 0.1) is 0 Å². The van der Waals surface area contributed by atoms with E-state index in [1.54, 1.807) is 0 Å². The highest BCUT2D eigenvalue weighted by Crippen LogP contribution is 2.19. The molecule has 1 aromatic rings. The summed E-state index contributed by atoms with van der Waals surface area (Å²) in [5.74, 6) is 0.0156. The SMILES string of the molecule is Nc1ncc(Cl)cc1O. The van der Waals surface area contributed by atoms with Crippen molar-refractivity contribution in [1.82, 2.24) is 4.98 Å². The second-order valence-electron chi connectivity index (χ2n) is 1.56. The van der Waals surface area contributed by atoms with Gasteiger partial charge >= 0.3 is 0 Å². The summed E-state index contributed by atoms with van der Waals surface area (Å²) in [6, 6.07) is 1.34. The van der Waals surface area contributed by atoms with Crippen LogP contribution in [0.15, 0.2) is 12.3 Å². The maximum atomic E-state index is 8.83. The Labute approximate surface area is 57.1 Å². The first kappa shape index (κ1) is 6.16. The smallest absolute Gasteiger partial charge is 0.165 e. The summed E-state index contributed by atoms with van der Waals surface area (Å²) in [7, 11) is 0. The Morgan fingerprint density at radius 3 is 2.78 bits per heavy atom. The largest absolute Gasteiger partial charge is 0.504 e. The van der Waals surface area contributed by atoms with Crippen LogP contribution in [0.4, 0.5) is 5.82 Å². The summed E-state index contributed by atoms with van der Waals surface area (Å²) in [6.07, 6.45) is 1.37. The van der Waals surface area contributed by atoms with E-state index in [1.165, 1.54) is 12.3 Å². The molecule has 0 saturated heterocycles. The lowest BCUT2D eigenvalue weighted by Crippen LogP contribution is -1.88. The van der Waals surface area contributed by atoms with E-state index < -0.39 is 0 Å². The van der Waals surface area contributed by atoms with Crippen molar-refractivity contribution < 1.29 is 5.11 Å². The third-order valence-electron chi connectivity index (χ3n) is 0.864. The summed E-state index contributed by atoms with van der Waals surface area (Å²) in [5.41, 5.74) is 5.17. The van der Waals surface area contributed by atoms with Gasteiger partial charge < -0.3 is 10.8 Å². The predicted molar refractivity (Wildman–Crippen MR) is 35.3 cm³/mol. The number of nitrogens with zero attached hydrogens (tertiary/aromatic N) is 1. The fourth-order valence-electron chi connectivity index (χ4n) is 0.439. The van der Waals surface area contributed by atoms with E-state index in [-0.39, 0.29) is 11.6 Å². The molecule has 1 aromatic heterocycles. The van der Waals surface area contributed by atoms with Crippen LogP contribution in [-0.4, -0.2) is 10.1 Å². The van der Waals surface area contributed by atoms with Gasteiger partial charge in [0.25, 0.3) is 0 Å². The van der Waals surface area contributed by atoms with Crippen LogP contribution < -0.4 is 5.73 Å². The fraction of sp³-hybridized carbons (Fsp3) is 0. The molecule has 0 aromatic carbocycles. The lowest BCUT2D eigenvalue weighted by Gasteiger charge is -1.94. The maximum Gasteiger partial charge on any atom is 0.165 e. The molecular formula is C5H5ClN2O. The van der Waals surface area contributed by atoms with E-state index in [2.05, 4.69) is 4.98 Å². The Kier molecular flexibility index (Phi) is 1.44. The van der Waals surface area contributed by atoms with E-state index in [1.807, 2.05) is 0 Å². The van der Waals surface area contributed by atoms with E-state index in [4.69, 9.17) is 22.4 Å². The standard InChI is InChI=1S/C5H5ClN2O/c6-3-1-4(9)5(7)8-2-3/h1-2,9H,(H2,7,8). The lowest BCUT2D eigenvalue weighted by atomic mass is 10.4. The molecule has 48 valence electrons. The molecule has 3 N–H and O–H groups in total. The maximum absolute atomic E-state index is 8.83. The molecular weight excluding hydrogens is 140 g/mol. The van der Waals surface area contributed by atoms with Gasteiger partial charge in [-0.2, -0.15) is 0 Å². The van der Waals surface area contributed by atoms with E-state index in [0.29, 0.717) is 5.02 Å². The van der Waals surface area contributed by atoms with Gasteiger partial charge in [-0.1, -0.05) is 11.6 Å². The highest BCUT2D eigenvalue weighted by atomic mass is 35.5. The summed E-state index contributed by atoms with van der Waals surface area (Å²) in [6.45, 7) is 0. The normalized spacial score (nSPS) is 9.44. The molecule has 1 rings (SSSR count). The number of aromatic nitrogens is 1. The molecule has 0 amide bonds. The second kappa shape index (κ2) is 2.11. The zero-order chi connectivity index (χ0) is 6.85. The Hall–Kier alpha value is -0.960. The molecule has 0 aliphatic carbocycles. The molecule has 4 heteroatoms. The lowest BCUT2D eigenvalue weighted by molar-refractivity contribution is 0.476. The minimum atomic E-state index is -0.0810. The third-order valence-corrected chi connectivity index (χ3v) is 1.07. The summed E-state index contributed by atoms with van der Waals surface area (Å²) >= 11 is 5.44. The first-order chi connectivity index (χ1) is 4.20. The zero-order valence-electron chi connectivity index (χ0n) is 4.50. The number of nitrogen functional groups attached to an aromatic ring is 1. The number of nitrogens with two attached hydrogens (primary N) is 1. The Balaban J connectivity index is 3.17. The van der Waals surface area contributed by atoms with Crippen molar-refractivity contribution in [2.45, 2.75) is 0 Å². The van der Waals surface area contributed by atoms with Gasteiger partial charge in [0.1, 0.15) is 0 Å². The van der Waals surface area contributed by atoms with Gasteiger partial charge in [-0.05, 0) is 0 Å². The zero-order valence-corrected chi connectivity index (χ0v) is 5.26. The first-order valence-electron chi connectivity index (χ1n) is 2.30. The number of aromatic hydroxyl groups is 1. The average Bonchev–Trinajstić information content (AvgIpc) is 1.80. The molecule has 1 heterocycles. The predicted octanol–water partition coefficient (Wildman–Crippen LogP) is 1.02. The highest BCUT2D eigenvalue weighted by Gasteiger charge is 1.95. The number of anilines is 1. The van der Waals surface area contributed by atoms with Crippen molar-refractivity contribution in [1.29, 1.82) is 0 Å². The number of pyridine rings is 1. The molecule has 0 bridgehead atoms. The van der Waals surface area contributed by atoms with Crippen LogP contribution in [0.3, 0.4) is 0 Å². The molecule has 0 saturated carbocycles. The molecule has 0 unspecified atom stereocenters. The van der Waals surface area contributed by atoms with E-state index in [0.717, 1.165) is 0 Å². The topological polar surface area (TPSA) is 59.1 Å². The number of rotatable bonds is 0. The van der Waals surface area contributed by atoms with Gasteiger partial charge in [0.15, 0.2) is 11.6 Å². The minimum absolute atomic E-state index is 0.0810. The Morgan fingerprint density at radius 1 is 1.67 bits per heavy atom. The number of halogens is 1. The minimum Gasteiger partial charge on any atom is -0.504 e. The van der Waals surface area contributed by atoms with Gasteiger partial charge in [0.2, 0.25) is 0 Å². The third kappa shape index (κ3) is 1.23.